The first kappa shape index (κ1) is 20.5. The molecule has 0 saturated heterocycles. The third kappa shape index (κ3) is 4.79. The molecule has 1 unspecified atom stereocenters. The van der Waals surface area contributed by atoms with Crippen molar-refractivity contribution in [2.75, 3.05) is 38.4 Å². The summed E-state index contributed by atoms with van der Waals surface area (Å²) in [6, 6.07) is 15.1. The van der Waals surface area contributed by atoms with Crippen LogP contribution >= 0.6 is 0 Å². The molecule has 2 aromatic carbocycles. The molecule has 1 aliphatic heterocycles. The van der Waals surface area contributed by atoms with E-state index in [0.717, 1.165) is 4.90 Å². The minimum absolute atomic E-state index is 0.239. The predicted molar refractivity (Wildman–Crippen MR) is 105 cm³/mol. The number of carbonyl (C=O) groups excluding carboxylic acids is 3. The molecule has 0 spiro atoms. The van der Waals surface area contributed by atoms with Crippen LogP contribution in [0, 0.1) is 0 Å². The van der Waals surface area contributed by atoms with Crippen LogP contribution < -0.4 is 15.0 Å². The molecule has 8 nitrogen and oxygen atoms in total. The molecule has 152 valence electrons. The van der Waals surface area contributed by atoms with Gasteiger partial charge in [0.2, 0.25) is 5.91 Å². The first-order valence-electron chi connectivity index (χ1n) is 9.17. The summed E-state index contributed by atoms with van der Waals surface area (Å²) in [7, 11) is 1.57. The highest BCUT2D eigenvalue weighted by Crippen LogP contribution is 2.37. The lowest BCUT2D eigenvalue weighted by atomic mass is 10.00. The lowest BCUT2D eigenvalue weighted by molar-refractivity contribution is -0.129. The molecule has 29 heavy (non-hydrogen) atoms. The number of nitrogens with one attached hydrogen (secondary N) is 1. The number of methoxy groups -OCH3 is 1. The monoisotopic (exact) mass is 398 g/mol. The maximum Gasteiger partial charge on any atom is 0.426 e. The van der Waals surface area contributed by atoms with Crippen LogP contribution in [0.1, 0.15) is 11.5 Å². The summed E-state index contributed by atoms with van der Waals surface area (Å²) in [6.07, 6.45) is -0.855. The molecule has 0 radical (unpaired) electrons. The molecule has 1 aliphatic rings. The fraction of sp³-hybridized carbons (Fsp3) is 0.286. The van der Waals surface area contributed by atoms with E-state index in [-0.39, 0.29) is 13.2 Å². The van der Waals surface area contributed by atoms with E-state index >= 15 is 0 Å². The Morgan fingerprint density at radius 2 is 1.72 bits per heavy atom. The second-order valence-electron chi connectivity index (χ2n) is 6.24. The Balaban J connectivity index is 1.69. The Bertz CT molecular complexity index is 870. The van der Waals surface area contributed by atoms with Crippen molar-refractivity contribution >= 4 is 23.6 Å². The summed E-state index contributed by atoms with van der Waals surface area (Å²) in [6.45, 7) is 1.40. The molecule has 1 atom stereocenters. The highest BCUT2D eigenvalue weighted by Gasteiger charge is 2.45. The Labute approximate surface area is 168 Å². The van der Waals surface area contributed by atoms with Gasteiger partial charge in [-0.05, 0) is 23.8 Å². The highest BCUT2D eigenvalue weighted by atomic mass is 16.6. The van der Waals surface area contributed by atoms with Gasteiger partial charge in [0.05, 0.1) is 25.5 Å². The fourth-order valence-electron chi connectivity index (χ4n) is 2.99. The second-order valence-corrected chi connectivity index (χ2v) is 6.24. The van der Waals surface area contributed by atoms with Gasteiger partial charge in [0, 0.05) is 13.7 Å². The van der Waals surface area contributed by atoms with E-state index in [2.05, 4.69) is 5.32 Å². The van der Waals surface area contributed by atoms with Crippen molar-refractivity contribution in [3.63, 3.8) is 0 Å². The summed E-state index contributed by atoms with van der Waals surface area (Å²) in [5, 5.41) is 2.68. The number of nitrogens with zero attached hydrogens (tertiary/aromatic N) is 1. The smallest absolute Gasteiger partial charge is 0.410 e. The zero-order valence-electron chi connectivity index (χ0n) is 16.0. The molecule has 3 rings (SSSR count). The van der Waals surface area contributed by atoms with Crippen LogP contribution in [-0.4, -0.2) is 51.4 Å². The van der Waals surface area contributed by atoms with Gasteiger partial charge in [0.1, 0.15) is 11.7 Å². The van der Waals surface area contributed by atoms with E-state index in [9.17, 15) is 14.4 Å². The number of amides is 3. The molecule has 0 saturated carbocycles. The maximum absolute atomic E-state index is 12.9. The molecule has 0 bridgehead atoms. The Morgan fingerprint density at radius 3 is 2.48 bits per heavy atom. The largest absolute Gasteiger partial charge is 0.426 e. The number of carbonyl (C=O) groups is 3. The van der Waals surface area contributed by atoms with E-state index in [4.69, 9.17) is 14.2 Å². The summed E-state index contributed by atoms with van der Waals surface area (Å²) in [5.74, 6) is -1.95. The summed E-state index contributed by atoms with van der Waals surface area (Å²) >= 11 is 0. The number of fused-ring (bicyclic) bond motifs is 1. The molecule has 0 aliphatic carbocycles. The molecule has 0 fully saturated rings. The van der Waals surface area contributed by atoms with Crippen molar-refractivity contribution in [1.82, 2.24) is 5.32 Å². The first-order chi connectivity index (χ1) is 14.1. The molecular formula is C21H22N2O6. The Kier molecular flexibility index (Phi) is 6.94. The first-order valence-corrected chi connectivity index (χ1v) is 9.17. The van der Waals surface area contributed by atoms with Crippen molar-refractivity contribution in [1.29, 1.82) is 0 Å². The average molecular weight is 398 g/mol. The fourth-order valence-corrected chi connectivity index (χ4v) is 2.99. The van der Waals surface area contributed by atoms with E-state index in [1.165, 1.54) is 0 Å². The Morgan fingerprint density at radius 1 is 1.00 bits per heavy atom. The SMILES string of the molecule is COCCOCCNC(=O)C1C(=O)N(C(=O)Oc2ccccc2)c2ccccc21. The summed E-state index contributed by atoms with van der Waals surface area (Å²) in [5.41, 5.74) is 0.801. The zero-order chi connectivity index (χ0) is 20.6. The lowest BCUT2D eigenvalue weighted by Crippen LogP contribution is -2.41. The standard InChI is InChI=1S/C21H22N2O6/c1-27-13-14-28-12-11-22-19(24)18-16-9-5-6-10-17(16)23(20(18)25)21(26)29-15-7-3-2-4-8-15/h2-10,18H,11-14H2,1H3,(H,22,24). The quantitative estimate of drug-likeness (QED) is 0.541. The average Bonchev–Trinajstić information content (AvgIpc) is 3.03. The molecule has 1 heterocycles. The summed E-state index contributed by atoms with van der Waals surface area (Å²) in [4.78, 5) is 39.1. The Hall–Kier alpha value is -3.23. The van der Waals surface area contributed by atoms with Gasteiger partial charge in [-0.15, -0.1) is 0 Å². The minimum atomic E-state index is -1.12. The maximum atomic E-state index is 12.9. The molecule has 3 amide bonds. The number of imide groups is 1. The number of hydrogen-bond acceptors (Lipinski definition) is 6. The van der Waals surface area contributed by atoms with Crippen LogP contribution in [0.15, 0.2) is 54.6 Å². The van der Waals surface area contributed by atoms with Gasteiger partial charge in [-0.3, -0.25) is 9.59 Å². The van der Waals surface area contributed by atoms with E-state index in [1.54, 1.807) is 61.7 Å². The lowest BCUT2D eigenvalue weighted by Gasteiger charge is -2.15. The number of para-hydroxylation sites is 2. The number of ether oxygens (including phenoxy) is 3. The summed E-state index contributed by atoms with van der Waals surface area (Å²) < 4.78 is 15.5. The van der Waals surface area contributed by atoms with Gasteiger partial charge in [-0.25, -0.2) is 9.69 Å². The molecule has 1 N–H and O–H groups in total. The van der Waals surface area contributed by atoms with Crippen LogP contribution in [0.4, 0.5) is 10.5 Å². The number of benzene rings is 2. The molecule has 0 aromatic heterocycles. The van der Waals surface area contributed by atoms with Crippen LogP contribution in [-0.2, 0) is 19.1 Å². The van der Waals surface area contributed by atoms with Crippen LogP contribution in [0.2, 0.25) is 0 Å². The van der Waals surface area contributed by atoms with Crippen molar-refractivity contribution in [3.05, 3.63) is 60.2 Å². The van der Waals surface area contributed by atoms with Crippen molar-refractivity contribution < 1.29 is 28.6 Å². The predicted octanol–water partition coefficient (Wildman–Crippen LogP) is 2.09. The van der Waals surface area contributed by atoms with Crippen LogP contribution in [0.3, 0.4) is 0 Å². The minimum Gasteiger partial charge on any atom is -0.410 e. The number of rotatable bonds is 8. The zero-order valence-corrected chi connectivity index (χ0v) is 16.0. The van der Waals surface area contributed by atoms with E-state index < -0.39 is 23.8 Å². The van der Waals surface area contributed by atoms with Gasteiger partial charge in [-0.2, -0.15) is 0 Å². The van der Waals surface area contributed by atoms with Crippen molar-refractivity contribution in [2.24, 2.45) is 0 Å². The molecule has 8 heteroatoms. The second kappa shape index (κ2) is 9.81. The van der Waals surface area contributed by atoms with Gasteiger partial charge in [0.15, 0.2) is 0 Å². The van der Waals surface area contributed by atoms with E-state index in [0.29, 0.717) is 30.2 Å². The number of anilines is 1. The van der Waals surface area contributed by atoms with Gasteiger partial charge >= 0.3 is 6.09 Å². The van der Waals surface area contributed by atoms with Gasteiger partial charge in [-0.1, -0.05) is 36.4 Å². The topological polar surface area (TPSA) is 94.2 Å². The third-order valence-corrected chi connectivity index (χ3v) is 4.33. The van der Waals surface area contributed by atoms with Crippen LogP contribution in [0.25, 0.3) is 0 Å². The van der Waals surface area contributed by atoms with Gasteiger partial charge in [0.25, 0.3) is 5.91 Å². The number of hydrogen-bond donors (Lipinski definition) is 1. The highest BCUT2D eigenvalue weighted by molar-refractivity contribution is 6.26. The normalized spacial score (nSPS) is 15.1. The van der Waals surface area contributed by atoms with Gasteiger partial charge < -0.3 is 19.5 Å². The molecular weight excluding hydrogens is 376 g/mol. The van der Waals surface area contributed by atoms with Crippen LogP contribution in [0.5, 0.6) is 5.75 Å². The third-order valence-electron chi connectivity index (χ3n) is 4.33. The van der Waals surface area contributed by atoms with E-state index in [1.807, 2.05) is 0 Å². The van der Waals surface area contributed by atoms with Crippen molar-refractivity contribution in [3.8, 4) is 5.75 Å². The van der Waals surface area contributed by atoms with Crippen molar-refractivity contribution in [2.45, 2.75) is 5.92 Å². The molecule has 2 aromatic rings.